The van der Waals surface area contributed by atoms with Gasteiger partial charge in [-0.1, -0.05) is 50.9 Å². The maximum absolute atomic E-state index is 12.7. The highest BCUT2D eigenvalue weighted by Gasteiger charge is 2.27. The molecule has 2 rings (SSSR count). The van der Waals surface area contributed by atoms with Crippen molar-refractivity contribution in [3.8, 4) is 5.75 Å². The third kappa shape index (κ3) is 6.27. The van der Waals surface area contributed by atoms with E-state index >= 15 is 0 Å². The maximum Gasteiger partial charge on any atom is 0.415 e. The van der Waals surface area contributed by atoms with Gasteiger partial charge in [0.25, 0.3) is 5.24 Å². The molecule has 0 heterocycles. The molecule has 5 nitrogen and oxygen atoms in total. The number of amides is 2. The minimum absolute atomic E-state index is 0.146. The quantitative estimate of drug-likeness (QED) is 0.763. The van der Waals surface area contributed by atoms with Crippen LogP contribution in [0.3, 0.4) is 0 Å². The summed E-state index contributed by atoms with van der Waals surface area (Å²) in [4.78, 5) is 26.1. The van der Waals surface area contributed by atoms with Crippen LogP contribution in [0.1, 0.15) is 46.0 Å². The van der Waals surface area contributed by atoms with E-state index in [4.69, 9.17) is 4.74 Å². The fourth-order valence-corrected chi connectivity index (χ4v) is 3.34. The van der Waals surface area contributed by atoms with Crippen LogP contribution in [0.5, 0.6) is 5.75 Å². The van der Waals surface area contributed by atoms with Gasteiger partial charge in [-0.3, -0.25) is 4.79 Å². The van der Waals surface area contributed by atoms with Crippen molar-refractivity contribution in [2.75, 3.05) is 18.1 Å². The van der Waals surface area contributed by atoms with Gasteiger partial charge in [-0.2, -0.15) is 0 Å². The first-order valence-electron chi connectivity index (χ1n) is 8.93. The van der Waals surface area contributed by atoms with Crippen LogP contribution in [0.25, 0.3) is 0 Å². The van der Waals surface area contributed by atoms with Crippen molar-refractivity contribution in [2.45, 2.75) is 52.0 Å². The summed E-state index contributed by atoms with van der Waals surface area (Å²) in [5.41, 5.74) is 0.623. The molecule has 2 amide bonds. The summed E-state index contributed by atoms with van der Waals surface area (Å²) in [6.07, 6.45) is 7.10. The number of benzene rings is 1. The Balaban J connectivity index is 2.06. The largest absolute Gasteiger partial charge is 0.415 e. The molecule has 0 bridgehead atoms. The van der Waals surface area contributed by atoms with E-state index in [0.29, 0.717) is 23.9 Å². The highest BCUT2D eigenvalue weighted by Crippen LogP contribution is 2.25. The Bertz CT molecular complexity index is 586. The topological polar surface area (TPSA) is 58.6 Å². The molecular weight excluding hydrogens is 336 g/mol. The van der Waals surface area contributed by atoms with Crippen molar-refractivity contribution in [3.63, 3.8) is 0 Å². The number of ether oxygens (including phenoxy) is 1. The smallest absolute Gasteiger partial charge is 0.410 e. The Hall–Kier alpha value is -1.69. The molecule has 0 aliphatic heterocycles. The van der Waals surface area contributed by atoms with E-state index in [-0.39, 0.29) is 17.4 Å². The molecule has 0 radical (unpaired) electrons. The molecule has 1 N–H and O–H groups in total. The van der Waals surface area contributed by atoms with Crippen molar-refractivity contribution in [1.82, 2.24) is 4.90 Å². The molecule has 0 saturated heterocycles. The van der Waals surface area contributed by atoms with Gasteiger partial charge in [0.05, 0.1) is 0 Å². The summed E-state index contributed by atoms with van der Waals surface area (Å²) in [7, 11) is 0. The summed E-state index contributed by atoms with van der Waals surface area (Å²) >= 11 is 1.10. The third-order valence-corrected chi connectivity index (χ3v) is 4.76. The zero-order chi connectivity index (χ0) is 18.2. The van der Waals surface area contributed by atoms with Crippen LogP contribution >= 0.6 is 11.8 Å². The number of nitrogens with one attached hydrogen (secondary N) is 1. The molecule has 25 heavy (non-hydrogen) atoms. The second-order valence-electron chi connectivity index (χ2n) is 6.85. The lowest BCUT2D eigenvalue weighted by atomic mass is 9.94. The van der Waals surface area contributed by atoms with Gasteiger partial charge in [-0.15, -0.1) is 0 Å². The summed E-state index contributed by atoms with van der Waals surface area (Å²) in [6.45, 7) is 4.93. The number of rotatable bonds is 5. The summed E-state index contributed by atoms with van der Waals surface area (Å²) < 4.78 is 5.62. The van der Waals surface area contributed by atoms with Crippen molar-refractivity contribution >= 4 is 28.8 Å². The predicted octanol–water partition coefficient (Wildman–Crippen LogP) is 5.37. The average Bonchev–Trinajstić information content (AvgIpc) is 2.60. The molecule has 138 valence electrons. The molecular formula is C19H28N2O3S. The molecule has 0 spiro atoms. The lowest BCUT2D eigenvalue weighted by Crippen LogP contribution is -2.44. The second-order valence-corrected chi connectivity index (χ2v) is 7.63. The number of thioether (sulfide) groups is 1. The van der Waals surface area contributed by atoms with Crippen LogP contribution in [-0.4, -0.2) is 35.1 Å². The summed E-state index contributed by atoms with van der Waals surface area (Å²) in [5.74, 6) is 0.843. The Morgan fingerprint density at radius 1 is 1.28 bits per heavy atom. The van der Waals surface area contributed by atoms with E-state index in [9.17, 15) is 9.59 Å². The molecule has 1 aliphatic carbocycles. The monoisotopic (exact) mass is 364 g/mol. The highest BCUT2D eigenvalue weighted by atomic mass is 32.2. The second kappa shape index (κ2) is 9.70. The van der Waals surface area contributed by atoms with Gasteiger partial charge in [-0.25, -0.2) is 4.79 Å². The standard InChI is InChI=1S/C19H28N2O3S/c1-14(2)13-21(16-9-5-4-6-10-16)19(23)24-17-11-7-8-15(12-17)20-18(22)25-3/h7-8,11-12,14,16H,4-6,9-10,13H2,1-3H3,(H,20,22). The van der Waals surface area contributed by atoms with Gasteiger partial charge in [0, 0.05) is 24.3 Å². The molecule has 0 atom stereocenters. The molecule has 1 aliphatic rings. The van der Waals surface area contributed by atoms with Crippen LogP contribution in [0.4, 0.5) is 15.3 Å². The molecule has 1 fully saturated rings. The van der Waals surface area contributed by atoms with Gasteiger partial charge in [-0.05, 0) is 37.1 Å². The van der Waals surface area contributed by atoms with Crippen LogP contribution in [0, 0.1) is 5.92 Å². The van der Waals surface area contributed by atoms with Gasteiger partial charge in [0.15, 0.2) is 0 Å². The van der Waals surface area contributed by atoms with Crippen LogP contribution in [0.2, 0.25) is 0 Å². The molecule has 0 unspecified atom stereocenters. The summed E-state index contributed by atoms with van der Waals surface area (Å²) in [6, 6.07) is 7.23. The van der Waals surface area contributed by atoms with Crippen molar-refractivity contribution < 1.29 is 14.3 Å². The zero-order valence-electron chi connectivity index (χ0n) is 15.3. The van der Waals surface area contributed by atoms with Crippen LogP contribution in [-0.2, 0) is 0 Å². The van der Waals surface area contributed by atoms with E-state index in [1.165, 1.54) is 19.3 Å². The first kappa shape index (κ1) is 19.6. The molecule has 1 saturated carbocycles. The van der Waals surface area contributed by atoms with Crippen molar-refractivity contribution in [3.05, 3.63) is 24.3 Å². The minimum atomic E-state index is -0.297. The number of hydrogen-bond acceptors (Lipinski definition) is 4. The maximum atomic E-state index is 12.7. The Morgan fingerprint density at radius 3 is 2.64 bits per heavy atom. The number of carbonyl (C=O) groups excluding carboxylic acids is 2. The van der Waals surface area contributed by atoms with Crippen molar-refractivity contribution in [2.24, 2.45) is 5.92 Å². The minimum Gasteiger partial charge on any atom is -0.410 e. The van der Waals surface area contributed by atoms with E-state index < -0.39 is 0 Å². The molecule has 6 heteroatoms. The van der Waals surface area contributed by atoms with Crippen LogP contribution in [0.15, 0.2) is 24.3 Å². The third-order valence-electron chi connectivity index (χ3n) is 4.28. The van der Waals surface area contributed by atoms with Gasteiger partial charge in [0.2, 0.25) is 0 Å². The molecule has 1 aromatic carbocycles. The Morgan fingerprint density at radius 2 is 2.00 bits per heavy atom. The highest BCUT2D eigenvalue weighted by molar-refractivity contribution is 8.13. The fraction of sp³-hybridized carbons (Fsp3) is 0.579. The molecule has 1 aromatic rings. The number of hydrogen-bond donors (Lipinski definition) is 1. The number of nitrogens with zero attached hydrogens (tertiary/aromatic N) is 1. The first-order chi connectivity index (χ1) is 12.0. The zero-order valence-corrected chi connectivity index (χ0v) is 16.1. The average molecular weight is 365 g/mol. The number of anilines is 1. The van der Waals surface area contributed by atoms with E-state index in [1.54, 1.807) is 30.5 Å². The van der Waals surface area contributed by atoms with Crippen LogP contribution < -0.4 is 10.1 Å². The Labute approximate surface area is 154 Å². The Kier molecular flexibility index (Phi) is 7.62. The van der Waals surface area contributed by atoms with E-state index in [1.807, 2.05) is 4.90 Å². The molecule has 0 aromatic heterocycles. The van der Waals surface area contributed by atoms with Gasteiger partial charge >= 0.3 is 6.09 Å². The van der Waals surface area contributed by atoms with E-state index in [2.05, 4.69) is 19.2 Å². The van der Waals surface area contributed by atoms with Gasteiger partial charge < -0.3 is 15.0 Å². The fourth-order valence-electron chi connectivity index (χ4n) is 3.12. The lowest BCUT2D eigenvalue weighted by Gasteiger charge is -2.34. The predicted molar refractivity (Wildman–Crippen MR) is 103 cm³/mol. The first-order valence-corrected chi connectivity index (χ1v) is 10.2. The normalized spacial score (nSPS) is 15.0. The van der Waals surface area contributed by atoms with E-state index in [0.717, 1.165) is 24.6 Å². The SMILES string of the molecule is CSC(=O)Nc1cccc(OC(=O)N(CC(C)C)C2CCCCC2)c1. The lowest BCUT2D eigenvalue weighted by molar-refractivity contribution is 0.110. The van der Waals surface area contributed by atoms with Gasteiger partial charge in [0.1, 0.15) is 5.75 Å². The summed E-state index contributed by atoms with van der Waals surface area (Å²) in [5, 5.41) is 2.60. The van der Waals surface area contributed by atoms with Crippen molar-refractivity contribution in [1.29, 1.82) is 0 Å². The number of carbonyl (C=O) groups is 2.